The molecule has 18 nitrogen and oxygen atoms in total. The molecular formula is C53H60F8N10O8. The molecule has 4 aliphatic rings. The topological polar surface area (TPSA) is 216 Å². The minimum atomic E-state index is -5.23. The first-order valence-electron chi connectivity index (χ1n) is 25.3. The van der Waals surface area contributed by atoms with Crippen molar-refractivity contribution in [1.29, 1.82) is 0 Å². The van der Waals surface area contributed by atoms with Crippen molar-refractivity contribution in [1.82, 2.24) is 46.0 Å². The second-order valence-corrected chi connectivity index (χ2v) is 21.4. The number of carbonyl (C=O) groups excluding carboxylic acids is 3. The van der Waals surface area contributed by atoms with Gasteiger partial charge in [0.25, 0.3) is 5.91 Å². The maximum absolute atomic E-state index is 16.1. The first-order chi connectivity index (χ1) is 37.1. The van der Waals surface area contributed by atoms with E-state index in [1.165, 1.54) is 23.5 Å². The van der Waals surface area contributed by atoms with Gasteiger partial charge in [-0.1, -0.05) is 24.0 Å². The molecule has 6 atom stereocenters. The number of piperazine rings is 1. The number of amides is 4. The number of hydrazine groups is 1. The van der Waals surface area contributed by atoms with Crippen LogP contribution in [-0.4, -0.2) is 154 Å². The third-order valence-corrected chi connectivity index (χ3v) is 15.1. The summed E-state index contributed by atoms with van der Waals surface area (Å²) in [6, 6.07) is 7.85. The minimum Gasteiger partial charge on any atom is -0.465 e. The van der Waals surface area contributed by atoms with Crippen molar-refractivity contribution in [2.45, 2.75) is 121 Å². The number of methoxy groups -OCH3 is 1. The number of rotatable bonds is 19. The number of carboxylic acid groups (broad SMARTS) is 1. The first kappa shape index (κ1) is 58.1. The molecule has 4 unspecified atom stereocenters. The van der Waals surface area contributed by atoms with E-state index in [2.05, 4.69) is 41.8 Å². The zero-order valence-corrected chi connectivity index (χ0v) is 43.6. The number of carbonyl (C=O) groups is 4. The Morgan fingerprint density at radius 1 is 0.810 bits per heavy atom. The number of anilines is 1. The second-order valence-electron chi connectivity index (χ2n) is 21.4. The number of aliphatic hydroxyl groups is 1. The summed E-state index contributed by atoms with van der Waals surface area (Å²) in [6.07, 6.45) is -10.4. The number of hydrogen-bond donors (Lipinski definition) is 6. The van der Waals surface area contributed by atoms with Crippen LogP contribution in [0, 0.1) is 34.3 Å². The smallest absolute Gasteiger partial charge is 0.407 e. The van der Waals surface area contributed by atoms with Crippen molar-refractivity contribution in [3.05, 3.63) is 101 Å². The van der Waals surface area contributed by atoms with Crippen LogP contribution in [0.5, 0.6) is 0 Å². The zero-order valence-electron chi connectivity index (χ0n) is 43.6. The number of benzene rings is 2. The van der Waals surface area contributed by atoms with E-state index in [1.54, 1.807) is 29.2 Å². The van der Waals surface area contributed by atoms with Gasteiger partial charge in [-0.3, -0.25) is 24.6 Å². The maximum atomic E-state index is 16.1. The summed E-state index contributed by atoms with van der Waals surface area (Å²) in [6.45, 7) is 3.47. The fraction of sp³-hybridized carbons (Fsp3) is 0.509. The number of aliphatic hydroxyl groups excluding tert-OH is 1. The molecule has 3 aliphatic heterocycles. The van der Waals surface area contributed by atoms with Crippen LogP contribution in [-0.2, 0) is 32.0 Å². The van der Waals surface area contributed by atoms with Crippen molar-refractivity contribution in [3.8, 4) is 23.1 Å². The predicted octanol–water partition coefficient (Wildman–Crippen LogP) is 6.08. The molecule has 79 heavy (non-hydrogen) atoms. The van der Waals surface area contributed by atoms with E-state index in [-0.39, 0.29) is 17.3 Å². The highest BCUT2D eigenvalue weighted by atomic mass is 19.4. The third-order valence-electron chi connectivity index (χ3n) is 15.1. The van der Waals surface area contributed by atoms with E-state index >= 15 is 8.78 Å². The maximum Gasteiger partial charge on any atom is 0.407 e. The van der Waals surface area contributed by atoms with Gasteiger partial charge < -0.3 is 40.5 Å². The SMILES string of the molecule is COC(=O)NC(C(=O)NC(Cc1ccc(C#Cc2ccc(N3C[C@H]4C[C@@H]3CN4C3COC3)nc2)cc1)C(O)CN(Cc1c(F)cc(-c2ccn(C3CC3)n2)cc1F)NC(=O)C(NC(=O)O)C(C)(C)C(F)(F)F)C(C)(C)C(F)(F)F. The molecule has 1 saturated carbocycles. The average molecular weight is 1120 g/mol. The highest BCUT2D eigenvalue weighted by Gasteiger charge is 2.57. The molecule has 6 N–H and O–H groups in total. The van der Waals surface area contributed by atoms with Crippen LogP contribution in [0.2, 0.25) is 0 Å². The van der Waals surface area contributed by atoms with Crippen LogP contribution in [0.4, 0.5) is 50.5 Å². The lowest BCUT2D eigenvalue weighted by Crippen LogP contribution is -2.63. The van der Waals surface area contributed by atoms with E-state index in [0.717, 1.165) is 70.6 Å². The van der Waals surface area contributed by atoms with Gasteiger partial charge in [-0.2, -0.15) is 31.4 Å². The van der Waals surface area contributed by atoms with Gasteiger partial charge in [-0.05, 0) is 101 Å². The normalized spacial score (nSPS) is 19.4. The zero-order chi connectivity index (χ0) is 57.4. The van der Waals surface area contributed by atoms with Crippen LogP contribution in [0.1, 0.15) is 75.3 Å². The van der Waals surface area contributed by atoms with Gasteiger partial charge in [-0.25, -0.2) is 28.4 Å². The summed E-state index contributed by atoms with van der Waals surface area (Å²) in [7, 11) is 0.840. The Kier molecular flexibility index (Phi) is 16.9. The van der Waals surface area contributed by atoms with Gasteiger partial charge >= 0.3 is 24.5 Å². The Balaban J connectivity index is 1.07. The van der Waals surface area contributed by atoms with Crippen molar-refractivity contribution in [2.24, 2.45) is 10.8 Å². The summed E-state index contributed by atoms with van der Waals surface area (Å²) in [4.78, 5) is 61.7. The van der Waals surface area contributed by atoms with Gasteiger partial charge in [-0.15, -0.1) is 0 Å². The van der Waals surface area contributed by atoms with Crippen LogP contribution in [0.25, 0.3) is 11.3 Å². The molecule has 8 rings (SSSR count). The van der Waals surface area contributed by atoms with Crippen molar-refractivity contribution in [3.63, 3.8) is 0 Å². The second kappa shape index (κ2) is 22.9. The molecule has 4 amide bonds. The van der Waals surface area contributed by atoms with Crippen molar-refractivity contribution >= 4 is 29.8 Å². The van der Waals surface area contributed by atoms with Crippen molar-refractivity contribution < 1.29 is 74.0 Å². The summed E-state index contributed by atoms with van der Waals surface area (Å²) < 4.78 is 131. The standard InChI is InChI=1S/C53H60F8N10O8/c1-50(2,52(56,57)58)44(65-49(77)78-5)46(73)63-41(18-30-9-6-29(7-10-30)8-11-31-12-15-43(62-22-31)70-24-34-21-35(70)23-69(34)36-27-79-28-36)42(72)26-68(67-47(74)45(64-48(75)76)51(3,4)53(59,60)61)25-37-38(54)19-32(20-39(37)55)40-16-17-71(66-40)33-13-14-33/h6-7,9-10,12,15-17,19-20,22,33-36,41-42,44-45,64,72H,13-14,18,21,23-28H2,1-5H3,(H,63,73)(H,65,77)(H,67,74)(H,75,76)/t34-,35-,41?,42?,44?,45?/m1/s1. The molecule has 2 aromatic heterocycles. The first-order valence-corrected chi connectivity index (χ1v) is 25.3. The number of nitrogens with one attached hydrogen (secondary N) is 4. The number of likely N-dealkylation sites (tertiary alicyclic amines) is 1. The summed E-state index contributed by atoms with van der Waals surface area (Å²) >= 11 is 0. The number of halogens is 8. The number of alkyl halides is 6. The van der Waals surface area contributed by atoms with Crippen LogP contribution < -0.4 is 26.3 Å². The Hall–Kier alpha value is -7.08. The molecule has 1 aliphatic carbocycles. The number of ether oxygens (including phenoxy) is 2. The Labute approximate surface area is 449 Å². The number of fused-ring (bicyclic) bond motifs is 2. The molecule has 4 aromatic rings. The summed E-state index contributed by atoms with van der Waals surface area (Å²) in [5.41, 5.74) is -3.33. The molecule has 4 fully saturated rings. The molecule has 3 saturated heterocycles. The fourth-order valence-electron chi connectivity index (χ4n) is 9.77. The van der Waals surface area contributed by atoms with E-state index < -0.39 is 108 Å². The van der Waals surface area contributed by atoms with Gasteiger partial charge in [0.2, 0.25) is 5.91 Å². The highest BCUT2D eigenvalue weighted by Crippen LogP contribution is 2.42. The van der Waals surface area contributed by atoms with Crippen LogP contribution >= 0.6 is 0 Å². The third kappa shape index (κ3) is 13.2. The number of pyridine rings is 1. The van der Waals surface area contributed by atoms with E-state index in [9.17, 15) is 55.7 Å². The monoisotopic (exact) mass is 1120 g/mol. The lowest BCUT2D eigenvalue weighted by Gasteiger charge is -2.42. The summed E-state index contributed by atoms with van der Waals surface area (Å²) in [5.74, 6) is 1.21. The molecule has 26 heteroatoms. The molecule has 426 valence electrons. The van der Waals surface area contributed by atoms with Gasteiger partial charge in [0, 0.05) is 72.9 Å². The lowest BCUT2D eigenvalue weighted by atomic mass is 9.82. The number of nitrogens with zero attached hydrogens (tertiary/aromatic N) is 6. The van der Waals surface area contributed by atoms with E-state index in [4.69, 9.17) is 4.74 Å². The molecule has 5 heterocycles. The molecule has 0 spiro atoms. The quantitative estimate of drug-likeness (QED) is 0.0357. The summed E-state index contributed by atoms with van der Waals surface area (Å²) in [5, 5.41) is 32.3. The molecule has 2 bridgehead atoms. The average Bonchev–Trinajstić information content (AvgIpc) is 3.95. The molecule has 0 radical (unpaired) electrons. The van der Waals surface area contributed by atoms with E-state index in [1.807, 2.05) is 22.9 Å². The van der Waals surface area contributed by atoms with Crippen LogP contribution in [0.15, 0.2) is 67.0 Å². The predicted molar refractivity (Wildman–Crippen MR) is 268 cm³/mol. The fourth-order valence-corrected chi connectivity index (χ4v) is 9.77. The number of alkyl carbamates (subject to hydrolysis) is 1. The highest BCUT2D eigenvalue weighted by molar-refractivity contribution is 5.87. The number of aromatic nitrogens is 3. The molecular weight excluding hydrogens is 1060 g/mol. The Morgan fingerprint density at radius 2 is 1.43 bits per heavy atom. The van der Waals surface area contributed by atoms with Gasteiger partial charge in [0.1, 0.15) is 29.5 Å². The van der Waals surface area contributed by atoms with Crippen LogP contribution in [0.3, 0.4) is 0 Å². The molecule has 2 aromatic carbocycles. The minimum absolute atomic E-state index is 0.00880. The Morgan fingerprint density at radius 3 is 1.96 bits per heavy atom. The largest absolute Gasteiger partial charge is 0.465 e. The number of hydrogen-bond acceptors (Lipinski definition) is 12. The van der Waals surface area contributed by atoms with Gasteiger partial charge in [0.15, 0.2) is 0 Å². The Bertz CT molecular complexity index is 2920. The lowest BCUT2D eigenvalue weighted by molar-refractivity contribution is -0.221. The van der Waals surface area contributed by atoms with Gasteiger partial charge in [0.05, 0.1) is 61.1 Å². The van der Waals surface area contributed by atoms with E-state index in [0.29, 0.717) is 67.5 Å². The van der Waals surface area contributed by atoms with Crippen molar-refractivity contribution in [2.75, 3.05) is 44.9 Å².